The van der Waals surface area contributed by atoms with E-state index in [9.17, 15) is 19.5 Å². The van der Waals surface area contributed by atoms with Crippen molar-refractivity contribution < 1.29 is 24.2 Å². The molecule has 0 aliphatic heterocycles. The van der Waals surface area contributed by atoms with Crippen LogP contribution >= 0.6 is 0 Å². The van der Waals surface area contributed by atoms with Crippen molar-refractivity contribution in [3.63, 3.8) is 0 Å². The molecule has 4 saturated carbocycles. The third-order valence-electron chi connectivity index (χ3n) is 13.9. The summed E-state index contributed by atoms with van der Waals surface area (Å²) in [5, 5.41) is 13.7. The average Bonchev–Trinajstić information content (AvgIpc) is 2.86. The van der Waals surface area contributed by atoms with Crippen molar-refractivity contribution in [3.8, 4) is 0 Å². The fourth-order valence-corrected chi connectivity index (χ4v) is 11.5. The van der Waals surface area contributed by atoms with Gasteiger partial charge in [-0.1, -0.05) is 60.1 Å². The number of fused-ring (bicyclic) bond motifs is 7. The molecule has 41 heavy (non-hydrogen) atoms. The van der Waals surface area contributed by atoms with Gasteiger partial charge in [0, 0.05) is 18.6 Å². The molecule has 0 spiro atoms. The number of Topliss-reactive ketones (excluding diaryl/α,β-unsaturated/α-hetero) is 1. The number of carbonyl (C=O) groups excluding carboxylic acids is 2. The molecule has 0 radical (unpaired) electrons. The van der Waals surface area contributed by atoms with Crippen LogP contribution in [-0.2, 0) is 19.1 Å². The number of carbonyl (C=O) groups is 3. The molecule has 0 aromatic carbocycles. The maximum atomic E-state index is 13.9. The van der Waals surface area contributed by atoms with E-state index in [2.05, 4.69) is 59.9 Å². The average molecular weight is 570 g/mol. The van der Waals surface area contributed by atoms with Crippen LogP contribution in [0.3, 0.4) is 0 Å². The monoisotopic (exact) mass is 569 g/mol. The van der Waals surface area contributed by atoms with Crippen molar-refractivity contribution in [3.05, 3.63) is 11.6 Å². The number of aliphatic carboxylic acids is 1. The number of carboxylic acids is 1. The minimum Gasteiger partial charge on any atom is -0.481 e. The molecule has 0 bridgehead atoms. The van der Waals surface area contributed by atoms with Crippen LogP contribution in [0.25, 0.3) is 0 Å². The SMILES string of the molecule is COCC(C)NC(=O)C1C[C@@]2(C)C(CC[C@]3(C)C2CC=C2C4CC(C)(C)CC[C@]4(C(=O)O)CC[C@]23C)C(C)(C)C1=O. The quantitative estimate of drug-likeness (QED) is 0.280. The molecular formula is C35H55NO5. The molecule has 2 N–H and O–H groups in total. The first-order valence-corrected chi connectivity index (χ1v) is 16.2. The second-order valence-corrected chi connectivity index (χ2v) is 16.9. The topological polar surface area (TPSA) is 92.7 Å². The Morgan fingerprint density at radius 2 is 1.66 bits per heavy atom. The summed E-state index contributed by atoms with van der Waals surface area (Å²) in [4.78, 5) is 40.4. The Kier molecular flexibility index (Phi) is 7.24. The minimum absolute atomic E-state index is 0.0184. The summed E-state index contributed by atoms with van der Waals surface area (Å²) in [6.07, 6.45) is 10.3. The van der Waals surface area contributed by atoms with Gasteiger partial charge in [-0.3, -0.25) is 14.4 Å². The molecular weight excluding hydrogens is 514 g/mol. The standard InChI is InChI=1S/C35H55NO5/c1-21(20-41-9)36-28(38)22-18-32(6)25(31(4,5)27(22)37)12-13-34(8)26(32)11-10-23-24-19-30(2,3)14-16-35(24,29(39)40)17-15-33(23,34)7/h10,21-22,24-26H,11-20H2,1-9H3,(H,36,38)(H,39,40)/t21?,22?,24?,25?,26?,32-,33+,34+,35-/m0/s1. The molecule has 6 heteroatoms. The molecule has 9 atom stereocenters. The van der Waals surface area contributed by atoms with Crippen LogP contribution in [-0.4, -0.2) is 42.5 Å². The van der Waals surface area contributed by atoms with Gasteiger partial charge in [-0.2, -0.15) is 0 Å². The predicted octanol–water partition coefficient (Wildman–Crippen LogP) is 6.82. The number of nitrogens with one attached hydrogen (secondary N) is 1. The lowest BCUT2D eigenvalue weighted by Crippen LogP contribution is -2.66. The summed E-state index contributed by atoms with van der Waals surface area (Å²) in [5.74, 6) is -0.714. The summed E-state index contributed by atoms with van der Waals surface area (Å²) in [6, 6.07) is -0.152. The van der Waals surface area contributed by atoms with Crippen LogP contribution in [0.5, 0.6) is 0 Å². The third kappa shape index (κ3) is 4.23. The van der Waals surface area contributed by atoms with Crippen molar-refractivity contribution in [2.24, 2.45) is 56.2 Å². The predicted molar refractivity (Wildman–Crippen MR) is 160 cm³/mol. The number of hydrogen-bond acceptors (Lipinski definition) is 4. The molecule has 5 aliphatic carbocycles. The smallest absolute Gasteiger partial charge is 0.310 e. The third-order valence-corrected chi connectivity index (χ3v) is 13.9. The lowest BCUT2D eigenvalue weighted by atomic mass is 9.33. The van der Waals surface area contributed by atoms with Crippen molar-refractivity contribution in [1.29, 1.82) is 0 Å². The van der Waals surface area contributed by atoms with Crippen molar-refractivity contribution in [2.45, 2.75) is 119 Å². The Morgan fingerprint density at radius 1 is 1.00 bits per heavy atom. The maximum Gasteiger partial charge on any atom is 0.310 e. The Morgan fingerprint density at radius 3 is 2.29 bits per heavy atom. The zero-order valence-electron chi connectivity index (χ0n) is 27.1. The van der Waals surface area contributed by atoms with E-state index in [0.29, 0.717) is 18.9 Å². The number of methoxy groups -OCH3 is 1. The van der Waals surface area contributed by atoms with Gasteiger partial charge in [0.1, 0.15) is 0 Å². The zero-order chi connectivity index (χ0) is 30.4. The summed E-state index contributed by atoms with van der Waals surface area (Å²) < 4.78 is 5.24. The number of carboxylic acid groups (broad SMARTS) is 1. The zero-order valence-corrected chi connectivity index (χ0v) is 27.1. The minimum atomic E-state index is -0.656. The number of amides is 1. The van der Waals surface area contributed by atoms with E-state index in [-0.39, 0.29) is 51.2 Å². The summed E-state index contributed by atoms with van der Waals surface area (Å²) in [5.41, 5.74) is 0.0465. The Bertz CT molecular complexity index is 1160. The first-order chi connectivity index (χ1) is 18.9. The van der Waals surface area contributed by atoms with Gasteiger partial charge >= 0.3 is 5.97 Å². The van der Waals surface area contributed by atoms with Crippen LogP contribution in [0, 0.1) is 56.2 Å². The van der Waals surface area contributed by atoms with E-state index in [4.69, 9.17) is 4.74 Å². The van der Waals surface area contributed by atoms with Crippen molar-refractivity contribution in [1.82, 2.24) is 5.32 Å². The molecule has 0 heterocycles. The highest BCUT2D eigenvalue weighted by Crippen LogP contribution is 2.75. The van der Waals surface area contributed by atoms with Crippen LogP contribution < -0.4 is 5.32 Å². The largest absolute Gasteiger partial charge is 0.481 e. The highest BCUT2D eigenvalue weighted by atomic mass is 16.5. The van der Waals surface area contributed by atoms with Gasteiger partial charge in [-0.05, 0) is 104 Å². The summed E-state index contributed by atoms with van der Waals surface area (Å²) >= 11 is 0. The highest BCUT2D eigenvalue weighted by Gasteiger charge is 2.70. The lowest BCUT2D eigenvalue weighted by Gasteiger charge is -2.70. The Hall–Kier alpha value is -1.69. The first-order valence-electron chi connectivity index (χ1n) is 16.2. The van der Waals surface area contributed by atoms with Gasteiger partial charge in [-0.25, -0.2) is 0 Å². The summed E-state index contributed by atoms with van der Waals surface area (Å²) in [6.45, 7) is 18.4. The number of rotatable bonds is 5. The molecule has 5 unspecified atom stereocenters. The van der Waals surface area contributed by atoms with E-state index in [1.165, 1.54) is 5.57 Å². The van der Waals surface area contributed by atoms with Gasteiger partial charge in [0.15, 0.2) is 5.78 Å². The molecule has 230 valence electrons. The number of allylic oxidation sites excluding steroid dienone is 2. The Balaban J connectivity index is 1.55. The van der Waals surface area contributed by atoms with E-state index in [1.54, 1.807) is 7.11 Å². The lowest BCUT2D eigenvalue weighted by molar-refractivity contribution is -0.195. The second-order valence-electron chi connectivity index (χ2n) is 16.9. The number of ketones is 1. The van der Waals surface area contributed by atoms with Crippen LogP contribution in [0.15, 0.2) is 11.6 Å². The molecule has 0 saturated heterocycles. The van der Waals surface area contributed by atoms with Crippen LogP contribution in [0.1, 0.15) is 113 Å². The molecule has 4 fully saturated rings. The fourth-order valence-electron chi connectivity index (χ4n) is 11.5. The van der Waals surface area contributed by atoms with Crippen LogP contribution in [0.2, 0.25) is 0 Å². The maximum absolute atomic E-state index is 13.9. The first kappa shape index (κ1) is 30.8. The van der Waals surface area contributed by atoms with Gasteiger partial charge in [0.2, 0.25) is 5.91 Å². The van der Waals surface area contributed by atoms with Gasteiger partial charge in [-0.15, -0.1) is 0 Å². The molecule has 5 rings (SSSR count). The molecule has 5 aliphatic rings. The highest BCUT2D eigenvalue weighted by molar-refractivity contribution is 6.04. The van der Waals surface area contributed by atoms with E-state index < -0.39 is 22.7 Å². The summed E-state index contributed by atoms with van der Waals surface area (Å²) in [7, 11) is 1.62. The van der Waals surface area contributed by atoms with Crippen LogP contribution in [0.4, 0.5) is 0 Å². The molecule has 6 nitrogen and oxygen atoms in total. The normalized spacial score (nSPS) is 45.2. The van der Waals surface area contributed by atoms with Crippen molar-refractivity contribution >= 4 is 17.7 Å². The van der Waals surface area contributed by atoms with E-state index in [0.717, 1.165) is 51.4 Å². The van der Waals surface area contributed by atoms with Gasteiger partial charge < -0.3 is 15.2 Å². The van der Waals surface area contributed by atoms with E-state index >= 15 is 0 Å². The fraction of sp³-hybridized carbons (Fsp3) is 0.857. The second kappa shape index (κ2) is 9.66. The Labute approximate surface area is 247 Å². The molecule has 1 amide bonds. The number of hydrogen-bond donors (Lipinski definition) is 2. The van der Waals surface area contributed by atoms with Crippen molar-refractivity contribution in [2.75, 3.05) is 13.7 Å². The molecule has 0 aromatic heterocycles. The number of ether oxygens (including phenoxy) is 1. The van der Waals surface area contributed by atoms with E-state index in [1.807, 2.05) is 6.92 Å². The van der Waals surface area contributed by atoms with Gasteiger partial charge in [0.25, 0.3) is 0 Å². The molecule has 0 aromatic rings. The van der Waals surface area contributed by atoms with Gasteiger partial charge in [0.05, 0.1) is 17.9 Å².